The van der Waals surface area contributed by atoms with E-state index in [-0.39, 0.29) is 11.6 Å². The van der Waals surface area contributed by atoms with Crippen molar-refractivity contribution in [3.8, 4) is 0 Å². The summed E-state index contributed by atoms with van der Waals surface area (Å²) in [5.41, 5.74) is 0.223. The van der Waals surface area contributed by atoms with Gasteiger partial charge in [0.05, 0.1) is 0 Å². The highest BCUT2D eigenvalue weighted by Crippen LogP contribution is 2.33. The molecule has 1 fully saturated rings. The number of hydrogen-bond donors (Lipinski definition) is 1. The van der Waals surface area contributed by atoms with Gasteiger partial charge in [-0.15, -0.1) is 0 Å². The van der Waals surface area contributed by atoms with Crippen LogP contribution < -0.4 is 5.32 Å². The molecule has 2 rings (SSSR count). The lowest BCUT2D eigenvalue weighted by atomic mass is 9.95. The summed E-state index contributed by atoms with van der Waals surface area (Å²) in [6, 6.07) is 2.55. The first kappa shape index (κ1) is 16.8. The van der Waals surface area contributed by atoms with Crippen LogP contribution in [0.25, 0.3) is 0 Å². The minimum Gasteiger partial charge on any atom is -0.314 e. The molecule has 0 aromatic heterocycles. The third kappa shape index (κ3) is 4.47. The van der Waals surface area contributed by atoms with Crippen molar-refractivity contribution in [3.05, 3.63) is 33.8 Å². The van der Waals surface area contributed by atoms with E-state index in [4.69, 9.17) is 0 Å². The summed E-state index contributed by atoms with van der Waals surface area (Å²) < 4.78 is 29.1. The predicted octanol–water partition coefficient (Wildman–Crippen LogP) is 4.11. The molecular weight excluding hydrogens is 338 g/mol. The molecule has 21 heavy (non-hydrogen) atoms. The lowest BCUT2D eigenvalue weighted by Gasteiger charge is -2.36. The van der Waals surface area contributed by atoms with Gasteiger partial charge in [0.2, 0.25) is 0 Å². The van der Waals surface area contributed by atoms with E-state index in [0.29, 0.717) is 10.4 Å². The molecule has 1 aromatic rings. The maximum atomic E-state index is 14.3. The van der Waals surface area contributed by atoms with E-state index in [0.717, 1.165) is 39.0 Å². The molecule has 1 aliphatic heterocycles. The Bertz CT molecular complexity index is 450. The first-order chi connectivity index (χ1) is 9.99. The van der Waals surface area contributed by atoms with E-state index >= 15 is 0 Å². The second kappa shape index (κ2) is 7.65. The Balaban J connectivity index is 2.29. The first-order valence-corrected chi connectivity index (χ1v) is 8.37. The third-order valence-electron chi connectivity index (χ3n) is 3.99. The van der Waals surface area contributed by atoms with Crippen LogP contribution in [0.2, 0.25) is 0 Å². The van der Waals surface area contributed by atoms with E-state index in [1.54, 1.807) is 0 Å². The number of rotatable bonds is 5. The Labute approximate surface area is 134 Å². The first-order valence-electron chi connectivity index (χ1n) is 7.58. The molecule has 0 radical (unpaired) electrons. The molecule has 0 unspecified atom stereocenters. The summed E-state index contributed by atoms with van der Waals surface area (Å²) in [5, 5.41) is 3.29. The molecular formula is C16H23BrF2N2. The van der Waals surface area contributed by atoms with Gasteiger partial charge < -0.3 is 5.32 Å². The van der Waals surface area contributed by atoms with Crippen LogP contribution in [0.1, 0.15) is 38.3 Å². The summed E-state index contributed by atoms with van der Waals surface area (Å²) in [4.78, 5) is 2.20. The van der Waals surface area contributed by atoms with Crippen LogP contribution in [-0.2, 0) is 0 Å². The van der Waals surface area contributed by atoms with Gasteiger partial charge in [0.15, 0.2) is 0 Å². The third-order valence-corrected chi connectivity index (χ3v) is 4.44. The molecule has 0 bridgehead atoms. The summed E-state index contributed by atoms with van der Waals surface area (Å²) in [6.07, 6.45) is 1.75. The van der Waals surface area contributed by atoms with Gasteiger partial charge in [-0.3, -0.25) is 4.90 Å². The lowest BCUT2D eigenvalue weighted by Crippen LogP contribution is -2.45. The van der Waals surface area contributed by atoms with Crippen molar-refractivity contribution in [1.82, 2.24) is 10.2 Å². The number of nitrogens with one attached hydrogen (secondary N) is 1. The molecule has 1 heterocycles. The van der Waals surface area contributed by atoms with Gasteiger partial charge >= 0.3 is 0 Å². The van der Waals surface area contributed by atoms with Crippen LogP contribution in [-0.4, -0.2) is 31.1 Å². The van der Waals surface area contributed by atoms with Crippen LogP contribution in [0.3, 0.4) is 0 Å². The average Bonchev–Trinajstić information content (AvgIpc) is 2.42. The second-order valence-corrected chi connectivity index (χ2v) is 6.97. The molecule has 118 valence electrons. The van der Waals surface area contributed by atoms with Crippen LogP contribution >= 0.6 is 15.9 Å². The quantitative estimate of drug-likeness (QED) is 0.849. The van der Waals surface area contributed by atoms with Crippen molar-refractivity contribution in [2.24, 2.45) is 5.92 Å². The van der Waals surface area contributed by atoms with Crippen LogP contribution in [0.5, 0.6) is 0 Å². The predicted molar refractivity (Wildman–Crippen MR) is 85.3 cm³/mol. The molecule has 1 saturated heterocycles. The molecule has 5 heteroatoms. The molecule has 1 aromatic carbocycles. The fourth-order valence-electron chi connectivity index (χ4n) is 2.87. The van der Waals surface area contributed by atoms with Gasteiger partial charge in [0.1, 0.15) is 11.6 Å². The fourth-order valence-corrected chi connectivity index (χ4v) is 3.27. The van der Waals surface area contributed by atoms with E-state index in [2.05, 4.69) is 40.0 Å². The van der Waals surface area contributed by atoms with Gasteiger partial charge in [-0.05, 0) is 30.9 Å². The van der Waals surface area contributed by atoms with Crippen LogP contribution in [0.4, 0.5) is 8.78 Å². The molecule has 0 spiro atoms. The molecule has 0 aliphatic carbocycles. The molecule has 1 aliphatic rings. The second-order valence-electron chi connectivity index (χ2n) is 6.06. The minimum atomic E-state index is -0.450. The monoisotopic (exact) mass is 360 g/mol. The SMILES string of the molecule is CC(C)CC[C@H](c1c(F)cc(Br)cc1F)N1CCNCC1. The standard InChI is InChI=1S/C16H23BrF2N2/c1-11(2)3-4-15(21-7-5-20-6-8-21)16-13(18)9-12(17)10-14(16)19/h9-11,15,20H,3-8H2,1-2H3/t15-/m1/s1. The maximum Gasteiger partial charge on any atom is 0.132 e. The zero-order valence-corrected chi connectivity index (χ0v) is 14.2. The van der Waals surface area contributed by atoms with Crippen molar-refractivity contribution in [2.75, 3.05) is 26.2 Å². The van der Waals surface area contributed by atoms with E-state index in [1.165, 1.54) is 12.1 Å². The topological polar surface area (TPSA) is 15.3 Å². The number of nitrogens with zero attached hydrogens (tertiary/aromatic N) is 1. The van der Waals surface area contributed by atoms with Gasteiger partial charge in [0, 0.05) is 42.3 Å². The lowest BCUT2D eigenvalue weighted by molar-refractivity contribution is 0.153. The van der Waals surface area contributed by atoms with Crippen LogP contribution in [0, 0.1) is 17.6 Å². The molecule has 0 saturated carbocycles. The van der Waals surface area contributed by atoms with Crippen molar-refractivity contribution in [3.63, 3.8) is 0 Å². The highest BCUT2D eigenvalue weighted by Gasteiger charge is 2.27. The molecule has 1 N–H and O–H groups in total. The van der Waals surface area contributed by atoms with Crippen molar-refractivity contribution < 1.29 is 8.78 Å². The average molecular weight is 361 g/mol. The Kier molecular flexibility index (Phi) is 6.14. The Morgan fingerprint density at radius 1 is 1.14 bits per heavy atom. The zero-order valence-electron chi connectivity index (χ0n) is 12.6. The fraction of sp³-hybridized carbons (Fsp3) is 0.625. The van der Waals surface area contributed by atoms with Crippen molar-refractivity contribution >= 4 is 15.9 Å². The molecule has 0 amide bonds. The highest BCUT2D eigenvalue weighted by molar-refractivity contribution is 9.10. The number of benzene rings is 1. The number of hydrogen-bond acceptors (Lipinski definition) is 2. The summed E-state index contributed by atoms with van der Waals surface area (Å²) >= 11 is 3.15. The van der Waals surface area contributed by atoms with Crippen molar-refractivity contribution in [1.29, 1.82) is 0 Å². The summed E-state index contributed by atoms with van der Waals surface area (Å²) in [6.45, 7) is 7.69. The number of piperazine rings is 1. The summed E-state index contributed by atoms with van der Waals surface area (Å²) in [5.74, 6) is -0.375. The Morgan fingerprint density at radius 3 is 2.24 bits per heavy atom. The van der Waals surface area contributed by atoms with Crippen molar-refractivity contribution in [2.45, 2.75) is 32.7 Å². The highest BCUT2D eigenvalue weighted by atomic mass is 79.9. The normalized spacial score (nSPS) is 18.2. The zero-order chi connectivity index (χ0) is 15.4. The Morgan fingerprint density at radius 2 is 1.71 bits per heavy atom. The minimum absolute atomic E-state index is 0.178. The summed E-state index contributed by atoms with van der Waals surface area (Å²) in [7, 11) is 0. The van der Waals surface area contributed by atoms with Gasteiger partial charge in [-0.2, -0.15) is 0 Å². The van der Waals surface area contributed by atoms with E-state index < -0.39 is 11.6 Å². The Hall–Kier alpha value is -0.520. The number of halogens is 3. The van der Waals surface area contributed by atoms with E-state index in [9.17, 15) is 8.78 Å². The largest absolute Gasteiger partial charge is 0.314 e. The molecule has 1 atom stereocenters. The van der Waals surface area contributed by atoms with Gasteiger partial charge in [-0.1, -0.05) is 29.8 Å². The molecule has 2 nitrogen and oxygen atoms in total. The van der Waals surface area contributed by atoms with Gasteiger partial charge in [0.25, 0.3) is 0 Å². The maximum absolute atomic E-state index is 14.3. The van der Waals surface area contributed by atoms with E-state index in [1.807, 2.05) is 0 Å². The smallest absolute Gasteiger partial charge is 0.132 e. The van der Waals surface area contributed by atoms with Crippen LogP contribution in [0.15, 0.2) is 16.6 Å². The van der Waals surface area contributed by atoms with Gasteiger partial charge in [-0.25, -0.2) is 8.78 Å².